The first-order valence-electron chi connectivity index (χ1n) is 6.05. The predicted molar refractivity (Wildman–Crippen MR) is 64.5 cm³/mol. The van der Waals surface area contributed by atoms with Gasteiger partial charge in [-0.3, -0.25) is 0 Å². The maximum absolute atomic E-state index is 6.29. The fraction of sp³-hybridized carbons (Fsp3) is 0.429. The van der Waals surface area contributed by atoms with Crippen LogP contribution in [-0.2, 0) is 6.42 Å². The van der Waals surface area contributed by atoms with Crippen molar-refractivity contribution in [1.29, 1.82) is 0 Å². The summed E-state index contributed by atoms with van der Waals surface area (Å²) in [5.74, 6) is 1.04. The van der Waals surface area contributed by atoms with Gasteiger partial charge in [0.15, 0.2) is 0 Å². The SMILES string of the molecule is NC(C1=CCCC1)c1ccc2c(c1)CCO2. The first-order valence-corrected chi connectivity index (χ1v) is 6.05. The smallest absolute Gasteiger partial charge is 0.122 e. The van der Waals surface area contributed by atoms with Gasteiger partial charge in [-0.15, -0.1) is 0 Å². The third-order valence-electron chi connectivity index (χ3n) is 3.55. The molecule has 2 nitrogen and oxygen atoms in total. The Morgan fingerprint density at radius 1 is 1.25 bits per heavy atom. The maximum Gasteiger partial charge on any atom is 0.122 e. The van der Waals surface area contributed by atoms with E-state index in [0.29, 0.717) is 0 Å². The van der Waals surface area contributed by atoms with E-state index in [-0.39, 0.29) is 6.04 Å². The lowest BCUT2D eigenvalue weighted by Gasteiger charge is -2.14. The molecule has 1 atom stereocenters. The molecule has 0 aromatic heterocycles. The molecule has 0 amide bonds. The van der Waals surface area contributed by atoms with E-state index in [1.165, 1.54) is 29.5 Å². The van der Waals surface area contributed by atoms with Gasteiger partial charge in [-0.25, -0.2) is 0 Å². The predicted octanol–water partition coefficient (Wildman–Crippen LogP) is 2.73. The number of hydrogen-bond donors (Lipinski definition) is 1. The summed E-state index contributed by atoms with van der Waals surface area (Å²) in [6.07, 6.45) is 6.94. The second-order valence-electron chi connectivity index (χ2n) is 4.61. The van der Waals surface area contributed by atoms with Crippen molar-refractivity contribution >= 4 is 0 Å². The maximum atomic E-state index is 6.29. The van der Waals surface area contributed by atoms with E-state index in [4.69, 9.17) is 10.5 Å². The Morgan fingerprint density at radius 3 is 3.00 bits per heavy atom. The molecule has 3 rings (SSSR count). The van der Waals surface area contributed by atoms with Crippen LogP contribution in [0, 0.1) is 0 Å². The van der Waals surface area contributed by atoms with Crippen LogP contribution in [0.25, 0.3) is 0 Å². The number of nitrogens with two attached hydrogens (primary N) is 1. The molecule has 84 valence electrons. The molecule has 2 heteroatoms. The number of benzene rings is 1. The van der Waals surface area contributed by atoms with Gasteiger partial charge in [0.1, 0.15) is 5.75 Å². The van der Waals surface area contributed by atoms with Gasteiger partial charge in [-0.05, 0) is 36.5 Å². The molecule has 2 N–H and O–H groups in total. The highest BCUT2D eigenvalue weighted by atomic mass is 16.5. The highest BCUT2D eigenvalue weighted by molar-refractivity contribution is 5.42. The van der Waals surface area contributed by atoms with E-state index >= 15 is 0 Å². The molecule has 2 aliphatic rings. The summed E-state index contributed by atoms with van der Waals surface area (Å²) in [5, 5.41) is 0. The van der Waals surface area contributed by atoms with Crippen LogP contribution in [-0.4, -0.2) is 6.61 Å². The molecule has 0 saturated carbocycles. The van der Waals surface area contributed by atoms with E-state index in [9.17, 15) is 0 Å². The number of rotatable bonds is 2. The monoisotopic (exact) mass is 215 g/mol. The summed E-state index contributed by atoms with van der Waals surface area (Å²) in [4.78, 5) is 0. The molecule has 0 saturated heterocycles. The van der Waals surface area contributed by atoms with Crippen molar-refractivity contribution in [3.8, 4) is 5.75 Å². The van der Waals surface area contributed by atoms with E-state index in [1.807, 2.05) is 0 Å². The Kier molecular flexibility index (Phi) is 2.44. The van der Waals surface area contributed by atoms with Crippen LogP contribution < -0.4 is 10.5 Å². The largest absolute Gasteiger partial charge is 0.493 e. The molecule has 1 unspecified atom stereocenters. The van der Waals surface area contributed by atoms with Crippen LogP contribution >= 0.6 is 0 Å². The van der Waals surface area contributed by atoms with Gasteiger partial charge in [-0.1, -0.05) is 23.8 Å². The van der Waals surface area contributed by atoms with Gasteiger partial charge in [0.25, 0.3) is 0 Å². The third kappa shape index (κ3) is 1.63. The molecule has 0 spiro atoms. The van der Waals surface area contributed by atoms with Gasteiger partial charge >= 0.3 is 0 Å². The number of hydrogen-bond acceptors (Lipinski definition) is 2. The second-order valence-corrected chi connectivity index (χ2v) is 4.61. The fourth-order valence-electron chi connectivity index (χ4n) is 2.59. The van der Waals surface area contributed by atoms with Crippen molar-refractivity contribution in [3.63, 3.8) is 0 Å². The number of fused-ring (bicyclic) bond motifs is 1. The summed E-state index contributed by atoms with van der Waals surface area (Å²) in [5.41, 5.74) is 10.2. The van der Waals surface area contributed by atoms with Crippen LogP contribution in [0.2, 0.25) is 0 Å². The van der Waals surface area contributed by atoms with E-state index in [1.54, 1.807) is 0 Å². The minimum Gasteiger partial charge on any atom is -0.493 e. The topological polar surface area (TPSA) is 35.2 Å². The summed E-state index contributed by atoms with van der Waals surface area (Å²) < 4.78 is 5.50. The van der Waals surface area contributed by atoms with Crippen molar-refractivity contribution in [2.24, 2.45) is 5.73 Å². The van der Waals surface area contributed by atoms with E-state index in [0.717, 1.165) is 25.2 Å². The van der Waals surface area contributed by atoms with Gasteiger partial charge in [0.05, 0.1) is 12.6 Å². The van der Waals surface area contributed by atoms with Crippen LogP contribution in [0.5, 0.6) is 5.75 Å². The molecule has 1 heterocycles. The fourth-order valence-corrected chi connectivity index (χ4v) is 2.59. The molecule has 1 aliphatic heterocycles. The summed E-state index contributed by atoms with van der Waals surface area (Å²) in [7, 11) is 0. The first kappa shape index (κ1) is 9.91. The van der Waals surface area contributed by atoms with Crippen molar-refractivity contribution < 1.29 is 4.74 Å². The molecule has 0 bridgehead atoms. The van der Waals surface area contributed by atoms with Crippen LogP contribution in [0.15, 0.2) is 29.8 Å². The van der Waals surface area contributed by atoms with E-state index < -0.39 is 0 Å². The summed E-state index contributed by atoms with van der Waals surface area (Å²) in [6, 6.07) is 6.47. The third-order valence-corrected chi connectivity index (χ3v) is 3.55. The van der Waals surface area contributed by atoms with Crippen LogP contribution in [0.1, 0.15) is 36.4 Å². The van der Waals surface area contributed by atoms with Crippen molar-refractivity contribution in [2.45, 2.75) is 31.7 Å². The minimum atomic E-state index is 0.0911. The van der Waals surface area contributed by atoms with Crippen molar-refractivity contribution in [3.05, 3.63) is 41.0 Å². The van der Waals surface area contributed by atoms with E-state index in [2.05, 4.69) is 24.3 Å². The zero-order valence-electron chi connectivity index (χ0n) is 9.41. The first-order chi connectivity index (χ1) is 7.84. The lowest BCUT2D eigenvalue weighted by Crippen LogP contribution is -2.12. The van der Waals surface area contributed by atoms with Crippen molar-refractivity contribution in [1.82, 2.24) is 0 Å². The second kappa shape index (κ2) is 3.95. The highest BCUT2D eigenvalue weighted by Gasteiger charge is 2.18. The summed E-state index contributed by atoms with van der Waals surface area (Å²) in [6.45, 7) is 0.816. The molecular weight excluding hydrogens is 198 g/mol. The number of ether oxygens (including phenoxy) is 1. The average molecular weight is 215 g/mol. The Hall–Kier alpha value is -1.28. The van der Waals surface area contributed by atoms with Gasteiger partial charge < -0.3 is 10.5 Å². The van der Waals surface area contributed by atoms with Gasteiger partial charge in [0, 0.05) is 6.42 Å². The lowest BCUT2D eigenvalue weighted by molar-refractivity contribution is 0.357. The van der Waals surface area contributed by atoms with Crippen LogP contribution in [0.3, 0.4) is 0 Å². The Bertz CT molecular complexity index is 436. The normalized spacial score (nSPS) is 20.2. The summed E-state index contributed by atoms with van der Waals surface area (Å²) >= 11 is 0. The lowest BCUT2D eigenvalue weighted by atomic mass is 9.97. The van der Waals surface area contributed by atoms with Gasteiger partial charge in [-0.2, -0.15) is 0 Å². The minimum absolute atomic E-state index is 0.0911. The quantitative estimate of drug-likeness (QED) is 0.770. The zero-order valence-corrected chi connectivity index (χ0v) is 9.41. The molecule has 1 aromatic rings. The standard InChI is InChI=1S/C14H17NO/c15-14(10-3-1-2-4-10)12-5-6-13-11(9-12)7-8-16-13/h3,5-6,9,14H,1-2,4,7-8,15H2. The molecule has 0 fully saturated rings. The molecular formula is C14H17NO. The number of allylic oxidation sites excluding steroid dienone is 1. The Morgan fingerprint density at radius 2 is 2.19 bits per heavy atom. The molecule has 16 heavy (non-hydrogen) atoms. The molecule has 1 aromatic carbocycles. The van der Waals surface area contributed by atoms with Crippen molar-refractivity contribution in [2.75, 3.05) is 6.61 Å². The highest BCUT2D eigenvalue weighted by Crippen LogP contribution is 2.32. The molecule has 0 radical (unpaired) electrons. The molecule has 1 aliphatic carbocycles. The van der Waals surface area contributed by atoms with Gasteiger partial charge in [0.2, 0.25) is 0 Å². The van der Waals surface area contributed by atoms with Crippen LogP contribution in [0.4, 0.5) is 0 Å². The Balaban J connectivity index is 1.89. The Labute approximate surface area is 96.1 Å². The zero-order chi connectivity index (χ0) is 11.0. The average Bonchev–Trinajstić information content (AvgIpc) is 2.98.